The van der Waals surface area contributed by atoms with E-state index in [0.29, 0.717) is 17.6 Å². The second-order valence-corrected chi connectivity index (χ2v) is 3.91. The summed E-state index contributed by atoms with van der Waals surface area (Å²) in [7, 11) is 0. The first-order chi connectivity index (χ1) is 8.61. The van der Waals surface area contributed by atoms with Crippen molar-refractivity contribution in [3.63, 3.8) is 0 Å². The normalized spacial score (nSPS) is 10.7. The van der Waals surface area contributed by atoms with Crippen LogP contribution in [0, 0.1) is 19.7 Å². The topological polar surface area (TPSA) is 68.5 Å². The van der Waals surface area contributed by atoms with Gasteiger partial charge in [-0.2, -0.15) is 9.67 Å². The number of halogens is 1. The van der Waals surface area contributed by atoms with Gasteiger partial charge in [0.15, 0.2) is 11.6 Å². The Labute approximate surface area is 104 Å². The molecule has 18 heavy (non-hydrogen) atoms. The van der Waals surface area contributed by atoms with Gasteiger partial charge in [0.05, 0.1) is 6.20 Å². The van der Waals surface area contributed by atoms with Crippen LogP contribution in [0.5, 0.6) is 0 Å². The smallest absolute Gasteiger partial charge is 0.224 e. The molecule has 0 saturated heterocycles. The van der Waals surface area contributed by atoms with E-state index in [1.165, 1.54) is 4.68 Å². The van der Waals surface area contributed by atoms with E-state index in [9.17, 15) is 4.39 Å². The standard InChI is InChI=1S/C11H15FN6/c1-4-5-13-11-14-6-9(12)10(16-11)18-8(3)15-7(2)17-18/h6H,4-5H2,1-3H3,(H,13,14,16). The number of aromatic nitrogens is 5. The number of nitrogens with zero attached hydrogens (tertiary/aromatic N) is 5. The van der Waals surface area contributed by atoms with Crippen LogP contribution in [0.1, 0.15) is 25.0 Å². The van der Waals surface area contributed by atoms with E-state index >= 15 is 0 Å². The van der Waals surface area contributed by atoms with Crippen LogP contribution >= 0.6 is 0 Å². The van der Waals surface area contributed by atoms with Crippen molar-refractivity contribution in [1.29, 1.82) is 0 Å². The molecule has 0 aliphatic rings. The van der Waals surface area contributed by atoms with E-state index in [-0.39, 0.29) is 5.82 Å². The summed E-state index contributed by atoms with van der Waals surface area (Å²) < 4.78 is 15.1. The summed E-state index contributed by atoms with van der Waals surface area (Å²) in [4.78, 5) is 12.1. The molecule has 2 aromatic heterocycles. The van der Waals surface area contributed by atoms with Gasteiger partial charge in [0.1, 0.15) is 11.6 Å². The Morgan fingerprint density at radius 1 is 1.33 bits per heavy atom. The summed E-state index contributed by atoms with van der Waals surface area (Å²) in [5.41, 5.74) is 0. The fourth-order valence-corrected chi connectivity index (χ4v) is 1.55. The van der Waals surface area contributed by atoms with Gasteiger partial charge in [0, 0.05) is 6.54 Å². The molecule has 0 bridgehead atoms. The van der Waals surface area contributed by atoms with Crippen LogP contribution in [-0.2, 0) is 0 Å². The van der Waals surface area contributed by atoms with Crippen molar-refractivity contribution >= 4 is 5.95 Å². The molecule has 0 fully saturated rings. The van der Waals surface area contributed by atoms with Crippen molar-refractivity contribution in [2.45, 2.75) is 27.2 Å². The van der Waals surface area contributed by atoms with Crippen molar-refractivity contribution < 1.29 is 4.39 Å². The molecule has 6 nitrogen and oxygen atoms in total. The second kappa shape index (κ2) is 5.07. The Balaban J connectivity index is 2.40. The first kappa shape index (κ1) is 12.4. The SMILES string of the molecule is CCCNc1ncc(F)c(-n2nc(C)nc2C)n1. The van der Waals surface area contributed by atoms with Crippen molar-refractivity contribution in [2.24, 2.45) is 0 Å². The fourth-order valence-electron chi connectivity index (χ4n) is 1.55. The quantitative estimate of drug-likeness (QED) is 0.893. The lowest BCUT2D eigenvalue weighted by atomic mass is 10.5. The van der Waals surface area contributed by atoms with E-state index in [1.807, 2.05) is 6.92 Å². The van der Waals surface area contributed by atoms with Crippen LogP contribution in [0.2, 0.25) is 0 Å². The molecule has 0 saturated carbocycles. The van der Waals surface area contributed by atoms with Crippen molar-refractivity contribution in [1.82, 2.24) is 24.7 Å². The molecular weight excluding hydrogens is 235 g/mol. The molecule has 2 rings (SSSR count). The molecule has 2 aromatic rings. The summed E-state index contributed by atoms with van der Waals surface area (Å²) in [6.45, 7) is 6.27. The Bertz CT molecular complexity index is 550. The zero-order valence-corrected chi connectivity index (χ0v) is 10.6. The van der Waals surface area contributed by atoms with Crippen molar-refractivity contribution in [3.8, 4) is 5.82 Å². The molecule has 0 aliphatic heterocycles. The van der Waals surface area contributed by atoms with Crippen molar-refractivity contribution in [3.05, 3.63) is 23.7 Å². The molecule has 0 spiro atoms. The largest absolute Gasteiger partial charge is 0.354 e. The highest BCUT2D eigenvalue weighted by molar-refractivity contribution is 5.33. The molecular formula is C11H15FN6. The predicted molar refractivity (Wildman–Crippen MR) is 65.2 cm³/mol. The van der Waals surface area contributed by atoms with Gasteiger partial charge in [-0.1, -0.05) is 6.92 Å². The van der Waals surface area contributed by atoms with E-state index in [1.54, 1.807) is 13.8 Å². The summed E-state index contributed by atoms with van der Waals surface area (Å²) in [5, 5.41) is 7.12. The highest BCUT2D eigenvalue weighted by Crippen LogP contribution is 2.12. The number of nitrogens with one attached hydrogen (secondary N) is 1. The minimum atomic E-state index is -0.523. The van der Waals surface area contributed by atoms with Crippen LogP contribution in [0.25, 0.3) is 5.82 Å². The number of hydrogen-bond donors (Lipinski definition) is 1. The third-order valence-corrected chi connectivity index (χ3v) is 2.33. The maximum absolute atomic E-state index is 13.7. The molecule has 96 valence electrons. The predicted octanol–water partition coefficient (Wildman–Crippen LogP) is 1.64. The van der Waals surface area contributed by atoms with Crippen LogP contribution in [0.15, 0.2) is 6.20 Å². The second-order valence-electron chi connectivity index (χ2n) is 3.91. The van der Waals surface area contributed by atoms with Gasteiger partial charge < -0.3 is 5.32 Å². The van der Waals surface area contributed by atoms with Crippen LogP contribution in [0.3, 0.4) is 0 Å². The first-order valence-corrected chi connectivity index (χ1v) is 5.79. The first-order valence-electron chi connectivity index (χ1n) is 5.79. The van der Waals surface area contributed by atoms with E-state index in [0.717, 1.165) is 19.2 Å². The molecule has 7 heteroatoms. The maximum atomic E-state index is 13.7. The minimum absolute atomic E-state index is 0.113. The lowest BCUT2D eigenvalue weighted by Crippen LogP contribution is -2.10. The Morgan fingerprint density at radius 3 is 2.72 bits per heavy atom. The maximum Gasteiger partial charge on any atom is 0.224 e. The summed E-state index contributed by atoms with van der Waals surface area (Å²) in [6, 6.07) is 0. The minimum Gasteiger partial charge on any atom is -0.354 e. The Hall–Kier alpha value is -2.05. The highest BCUT2D eigenvalue weighted by Gasteiger charge is 2.13. The monoisotopic (exact) mass is 250 g/mol. The van der Waals surface area contributed by atoms with Gasteiger partial charge in [0.25, 0.3) is 0 Å². The van der Waals surface area contributed by atoms with Gasteiger partial charge in [-0.05, 0) is 20.3 Å². The molecule has 0 aliphatic carbocycles. The number of hydrogen-bond acceptors (Lipinski definition) is 5. The average Bonchev–Trinajstić information content (AvgIpc) is 2.67. The van der Waals surface area contributed by atoms with Crippen molar-refractivity contribution in [2.75, 3.05) is 11.9 Å². The molecule has 2 heterocycles. The van der Waals surface area contributed by atoms with E-state index < -0.39 is 5.82 Å². The van der Waals surface area contributed by atoms with E-state index in [4.69, 9.17) is 0 Å². The number of rotatable bonds is 4. The molecule has 0 amide bonds. The average molecular weight is 250 g/mol. The zero-order valence-electron chi connectivity index (χ0n) is 10.6. The lowest BCUT2D eigenvalue weighted by Gasteiger charge is -2.07. The molecule has 0 atom stereocenters. The van der Waals surface area contributed by atoms with Crippen LogP contribution in [-0.4, -0.2) is 31.3 Å². The van der Waals surface area contributed by atoms with Gasteiger partial charge in [0.2, 0.25) is 5.95 Å². The fraction of sp³-hybridized carbons (Fsp3) is 0.455. The number of anilines is 1. The molecule has 1 N–H and O–H groups in total. The van der Waals surface area contributed by atoms with Gasteiger partial charge in [-0.25, -0.2) is 14.4 Å². The summed E-state index contributed by atoms with van der Waals surface area (Å²) >= 11 is 0. The third-order valence-electron chi connectivity index (χ3n) is 2.33. The molecule has 0 radical (unpaired) electrons. The summed E-state index contributed by atoms with van der Waals surface area (Å²) in [6.07, 6.45) is 2.08. The van der Waals surface area contributed by atoms with Gasteiger partial charge in [-0.15, -0.1) is 5.10 Å². The summed E-state index contributed by atoms with van der Waals surface area (Å²) in [5.74, 6) is 1.15. The van der Waals surface area contributed by atoms with Gasteiger partial charge in [-0.3, -0.25) is 0 Å². The highest BCUT2D eigenvalue weighted by atomic mass is 19.1. The van der Waals surface area contributed by atoms with Crippen LogP contribution in [0.4, 0.5) is 10.3 Å². The molecule has 0 unspecified atom stereocenters. The molecule has 0 aromatic carbocycles. The lowest BCUT2D eigenvalue weighted by molar-refractivity contribution is 0.589. The number of aryl methyl sites for hydroxylation is 2. The Morgan fingerprint density at radius 2 is 2.11 bits per heavy atom. The van der Waals surface area contributed by atoms with Gasteiger partial charge >= 0.3 is 0 Å². The van der Waals surface area contributed by atoms with Crippen LogP contribution < -0.4 is 5.32 Å². The third kappa shape index (κ3) is 2.44. The Kier molecular flexibility index (Phi) is 3.50. The van der Waals surface area contributed by atoms with E-state index in [2.05, 4.69) is 25.4 Å². The zero-order chi connectivity index (χ0) is 13.1.